The highest BCUT2D eigenvalue weighted by Gasteiger charge is 2.02. The van der Waals surface area contributed by atoms with Crippen LogP contribution in [0.1, 0.15) is 5.56 Å². The maximum absolute atomic E-state index is 12.8. The van der Waals surface area contributed by atoms with E-state index in [2.05, 4.69) is 0 Å². The quantitative estimate of drug-likeness (QED) is 0.877. The van der Waals surface area contributed by atoms with Crippen molar-refractivity contribution in [2.24, 2.45) is 0 Å². The van der Waals surface area contributed by atoms with Gasteiger partial charge in [-0.2, -0.15) is 0 Å². The maximum Gasteiger partial charge on any atom is 0.123 e. The van der Waals surface area contributed by atoms with Crippen LogP contribution >= 0.6 is 0 Å². The van der Waals surface area contributed by atoms with Crippen LogP contribution in [0, 0.1) is 5.82 Å². The summed E-state index contributed by atoms with van der Waals surface area (Å²) in [5, 5.41) is 9.18. The highest BCUT2D eigenvalue weighted by molar-refractivity contribution is 5.46. The van der Waals surface area contributed by atoms with E-state index >= 15 is 0 Å². The molecule has 2 rings (SSSR count). The summed E-state index contributed by atoms with van der Waals surface area (Å²) in [7, 11) is 1.94. The smallest absolute Gasteiger partial charge is 0.123 e. The van der Waals surface area contributed by atoms with Gasteiger partial charge < -0.3 is 10.0 Å². The molecular weight excluding hydrogens is 217 g/mol. The number of phenolic OH excluding ortho intramolecular Hbond substituents is 1. The van der Waals surface area contributed by atoms with Crippen LogP contribution in [-0.2, 0) is 6.54 Å². The number of rotatable bonds is 3. The molecule has 0 spiro atoms. The zero-order valence-electron chi connectivity index (χ0n) is 9.60. The molecule has 0 atom stereocenters. The van der Waals surface area contributed by atoms with Crippen molar-refractivity contribution >= 4 is 5.69 Å². The van der Waals surface area contributed by atoms with E-state index in [0.717, 1.165) is 11.3 Å². The Hall–Kier alpha value is -2.03. The highest BCUT2D eigenvalue weighted by Crippen LogP contribution is 2.17. The molecule has 2 aromatic carbocycles. The Kier molecular flexibility index (Phi) is 3.28. The molecular formula is C14H14FNO. The van der Waals surface area contributed by atoms with E-state index in [-0.39, 0.29) is 11.6 Å². The molecule has 0 fully saturated rings. The third-order valence-electron chi connectivity index (χ3n) is 2.62. The minimum absolute atomic E-state index is 0.230. The van der Waals surface area contributed by atoms with Gasteiger partial charge in [0.2, 0.25) is 0 Å². The van der Waals surface area contributed by atoms with Crippen molar-refractivity contribution in [3.63, 3.8) is 0 Å². The fourth-order valence-electron chi connectivity index (χ4n) is 1.66. The normalized spacial score (nSPS) is 10.2. The first kappa shape index (κ1) is 11.5. The average molecular weight is 231 g/mol. The Labute approximate surface area is 99.9 Å². The summed E-state index contributed by atoms with van der Waals surface area (Å²) in [6.07, 6.45) is 0. The van der Waals surface area contributed by atoms with Crippen molar-refractivity contribution < 1.29 is 9.50 Å². The number of phenols is 1. The molecule has 0 bridgehead atoms. The molecule has 17 heavy (non-hydrogen) atoms. The first-order valence-electron chi connectivity index (χ1n) is 5.40. The number of aromatic hydroxyl groups is 1. The topological polar surface area (TPSA) is 23.5 Å². The van der Waals surface area contributed by atoms with Crippen LogP contribution in [0.15, 0.2) is 48.5 Å². The van der Waals surface area contributed by atoms with E-state index in [9.17, 15) is 9.50 Å². The van der Waals surface area contributed by atoms with Crippen molar-refractivity contribution in [3.8, 4) is 5.75 Å². The average Bonchev–Trinajstić information content (AvgIpc) is 2.33. The monoisotopic (exact) mass is 231 g/mol. The van der Waals surface area contributed by atoms with Gasteiger partial charge in [-0.25, -0.2) is 4.39 Å². The predicted molar refractivity (Wildman–Crippen MR) is 66.6 cm³/mol. The molecule has 0 aromatic heterocycles. The SMILES string of the molecule is CN(Cc1ccc(O)cc1)c1ccc(F)cc1. The fraction of sp³-hybridized carbons (Fsp3) is 0.143. The first-order chi connectivity index (χ1) is 8.15. The van der Waals surface area contributed by atoms with Gasteiger partial charge in [-0.3, -0.25) is 0 Å². The van der Waals surface area contributed by atoms with Crippen molar-refractivity contribution in [3.05, 3.63) is 59.9 Å². The molecule has 0 aliphatic carbocycles. The Balaban J connectivity index is 2.08. The summed E-state index contributed by atoms with van der Waals surface area (Å²) >= 11 is 0. The molecule has 2 nitrogen and oxygen atoms in total. The van der Waals surface area contributed by atoms with E-state index in [1.54, 1.807) is 24.3 Å². The van der Waals surface area contributed by atoms with Gasteiger partial charge in [-0.15, -0.1) is 0 Å². The van der Waals surface area contributed by atoms with Crippen LogP contribution in [0.3, 0.4) is 0 Å². The highest BCUT2D eigenvalue weighted by atomic mass is 19.1. The molecule has 3 heteroatoms. The standard InChI is InChI=1S/C14H14FNO/c1-16(13-6-4-12(15)5-7-13)10-11-2-8-14(17)9-3-11/h2-9,17H,10H2,1H3. The second kappa shape index (κ2) is 4.87. The van der Waals surface area contributed by atoms with Crippen molar-refractivity contribution in [1.82, 2.24) is 0 Å². The zero-order chi connectivity index (χ0) is 12.3. The maximum atomic E-state index is 12.8. The number of halogens is 1. The summed E-state index contributed by atoms with van der Waals surface area (Å²) in [4.78, 5) is 2.02. The van der Waals surface area contributed by atoms with Crippen molar-refractivity contribution in [2.45, 2.75) is 6.54 Å². The number of nitrogens with zero attached hydrogens (tertiary/aromatic N) is 1. The van der Waals surface area contributed by atoms with Crippen molar-refractivity contribution in [2.75, 3.05) is 11.9 Å². The van der Waals surface area contributed by atoms with Crippen LogP contribution in [0.4, 0.5) is 10.1 Å². The minimum Gasteiger partial charge on any atom is -0.508 e. The molecule has 0 saturated heterocycles. The van der Waals surface area contributed by atoms with E-state index in [1.807, 2.05) is 24.1 Å². The minimum atomic E-state index is -0.230. The lowest BCUT2D eigenvalue weighted by molar-refractivity contribution is 0.475. The Morgan fingerprint density at radius 2 is 1.59 bits per heavy atom. The van der Waals surface area contributed by atoms with E-state index < -0.39 is 0 Å². The number of anilines is 1. The van der Waals surface area contributed by atoms with Crippen molar-refractivity contribution in [1.29, 1.82) is 0 Å². The van der Waals surface area contributed by atoms with Gasteiger partial charge in [0.25, 0.3) is 0 Å². The molecule has 0 saturated carbocycles. The number of hydrogen-bond acceptors (Lipinski definition) is 2. The molecule has 0 radical (unpaired) electrons. The van der Waals surface area contributed by atoms with Gasteiger partial charge in [0.05, 0.1) is 0 Å². The molecule has 88 valence electrons. The van der Waals surface area contributed by atoms with E-state index in [4.69, 9.17) is 0 Å². The third-order valence-corrected chi connectivity index (χ3v) is 2.62. The second-order valence-corrected chi connectivity index (χ2v) is 4.00. The fourth-order valence-corrected chi connectivity index (χ4v) is 1.66. The summed E-state index contributed by atoms with van der Waals surface area (Å²) in [5.74, 6) is 0.0324. The first-order valence-corrected chi connectivity index (χ1v) is 5.40. The molecule has 0 amide bonds. The van der Waals surface area contributed by atoms with Crippen LogP contribution in [0.5, 0.6) is 5.75 Å². The summed E-state index contributed by atoms with van der Waals surface area (Å²) in [6, 6.07) is 13.4. The lowest BCUT2D eigenvalue weighted by Crippen LogP contribution is -2.16. The molecule has 0 aliphatic rings. The largest absolute Gasteiger partial charge is 0.508 e. The summed E-state index contributed by atoms with van der Waals surface area (Å²) in [5.41, 5.74) is 2.05. The van der Waals surface area contributed by atoms with Gasteiger partial charge >= 0.3 is 0 Å². The second-order valence-electron chi connectivity index (χ2n) is 4.00. The lowest BCUT2D eigenvalue weighted by Gasteiger charge is -2.19. The molecule has 1 N–H and O–H groups in total. The molecule has 2 aromatic rings. The van der Waals surface area contributed by atoms with Crippen LogP contribution < -0.4 is 4.90 Å². The van der Waals surface area contributed by atoms with Crippen LogP contribution in [-0.4, -0.2) is 12.2 Å². The Bertz CT molecular complexity index is 479. The van der Waals surface area contributed by atoms with Gasteiger partial charge in [-0.1, -0.05) is 12.1 Å². The van der Waals surface area contributed by atoms with Gasteiger partial charge in [-0.05, 0) is 42.0 Å². The van der Waals surface area contributed by atoms with Gasteiger partial charge in [0.15, 0.2) is 0 Å². The molecule has 0 heterocycles. The number of hydrogen-bond donors (Lipinski definition) is 1. The molecule has 0 unspecified atom stereocenters. The van der Waals surface area contributed by atoms with E-state index in [1.165, 1.54) is 12.1 Å². The third kappa shape index (κ3) is 2.97. The summed E-state index contributed by atoms with van der Waals surface area (Å²) < 4.78 is 12.8. The van der Waals surface area contributed by atoms with Crippen LogP contribution in [0.25, 0.3) is 0 Å². The summed E-state index contributed by atoms with van der Waals surface area (Å²) in [6.45, 7) is 0.714. The zero-order valence-corrected chi connectivity index (χ0v) is 9.60. The lowest BCUT2D eigenvalue weighted by atomic mass is 10.2. The van der Waals surface area contributed by atoms with E-state index in [0.29, 0.717) is 6.54 Å². The van der Waals surface area contributed by atoms with Crippen LogP contribution in [0.2, 0.25) is 0 Å². The predicted octanol–water partition coefficient (Wildman–Crippen LogP) is 3.17. The van der Waals surface area contributed by atoms with Gasteiger partial charge in [0.1, 0.15) is 11.6 Å². The molecule has 0 aliphatic heterocycles. The Morgan fingerprint density at radius 1 is 1.00 bits per heavy atom. The van der Waals surface area contributed by atoms with Gasteiger partial charge in [0, 0.05) is 19.3 Å². The Morgan fingerprint density at radius 3 is 2.18 bits per heavy atom. The number of benzene rings is 2.